The highest BCUT2D eigenvalue weighted by Crippen LogP contribution is 2.33. The summed E-state index contributed by atoms with van der Waals surface area (Å²) in [5, 5.41) is 5.12. The molecule has 0 spiro atoms. The van der Waals surface area contributed by atoms with Crippen LogP contribution in [0, 0.1) is 6.92 Å². The number of aromatic nitrogens is 3. The van der Waals surface area contributed by atoms with Gasteiger partial charge >= 0.3 is 0 Å². The second-order valence-electron chi connectivity index (χ2n) is 4.55. The fourth-order valence-electron chi connectivity index (χ4n) is 2.07. The molecule has 0 amide bonds. The standard InChI is InChI=1S/C14H13BrN4O/c1-8-5-13(19(2)18-8)20-12-4-3-11(16)10-6-9(15)7-17-14(10)12/h3-7H,16H2,1-2H3. The van der Waals surface area contributed by atoms with Crippen molar-refractivity contribution in [1.82, 2.24) is 14.8 Å². The number of fused-ring (bicyclic) bond motifs is 1. The van der Waals surface area contributed by atoms with Crippen LogP contribution >= 0.6 is 15.9 Å². The number of hydrogen-bond donors (Lipinski definition) is 1. The number of ether oxygens (including phenoxy) is 1. The van der Waals surface area contributed by atoms with Gasteiger partial charge in [-0.05, 0) is 41.1 Å². The van der Waals surface area contributed by atoms with E-state index in [9.17, 15) is 0 Å². The zero-order valence-electron chi connectivity index (χ0n) is 11.1. The molecule has 3 rings (SSSR count). The molecule has 2 N–H and O–H groups in total. The Kier molecular flexibility index (Phi) is 3.10. The first-order valence-corrected chi connectivity index (χ1v) is 6.86. The third-order valence-electron chi connectivity index (χ3n) is 2.99. The summed E-state index contributed by atoms with van der Waals surface area (Å²) in [5.41, 5.74) is 8.29. The van der Waals surface area contributed by atoms with E-state index in [0.29, 0.717) is 17.3 Å². The molecule has 6 heteroatoms. The van der Waals surface area contributed by atoms with Gasteiger partial charge in [0.1, 0.15) is 5.52 Å². The molecule has 0 fully saturated rings. The number of nitrogens with two attached hydrogens (primary N) is 1. The molecule has 0 saturated carbocycles. The number of anilines is 1. The van der Waals surface area contributed by atoms with Crippen molar-refractivity contribution in [1.29, 1.82) is 0 Å². The predicted molar refractivity (Wildman–Crippen MR) is 81.9 cm³/mol. The lowest BCUT2D eigenvalue weighted by molar-refractivity contribution is 0.434. The first-order chi connectivity index (χ1) is 9.54. The summed E-state index contributed by atoms with van der Waals surface area (Å²) in [4.78, 5) is 4.39. The largest absolute Gasteiger partial charge is 0.437 e. The van der Waals surface area contributed by atoms with Crippen LogP contribution < -0.4 is 10.5 Å². The molecule has 0 saturated heterocycles. The summed E-state index contributed by atoms with van der Waals surface area (Å²) in [6, 6.07) is 7.44. The maximum Gasteiger partial charge on any atom is 0.217 e. The summed E-state index contributed by atoms with van der Waals surface area (Å²) >= 11 is 3.40. The van der Waals surface area contributed by atoms with Crippen LogP contribution in [-0.2, 0) is 7.05 Å². The lowest BCUT2D eigenvalue weighted by Crippen LogP contribution is -1.97. The molecule has 102 valence electrons. The highest BCUT2D eigenvalue weighted by molar-refractivity contribution is 9.10. The summed E-state index contributed by atoms with van der Waals surface area (Å²) in [5.74, 6) is 1.32. The van der Waals surface area contributed by atoms with E-state index in [4.69, 9.17) is 10.5 Å². The monoisotopic (exact) mass is 332 g/mol. The SMILES string of the molecule is Cc1cc(Oc2ccc(N)c3cc(Br)cnc23)n(C)n1. The van der Waals surface area contributed by atoms with Crippen molar-refractivity contribution in [2.75, 3.05) is 5.73 Å². The Hall–Kier alpha value is -2.08. The number of nitrogens with zero attached hydrogens (tertiary/aromatic N) is 3. The van der Waals surface area contributed by atoms with Gasteiger partial charge in [-0.15, -0.1) is 0 Å². The van der Waals surface area contributed by atoms with Gasteiger partial charge in [-0.2, -0.15) is 5.10 Å². The molecular formula is C14H13BrN4O. The van der Waals surface area contributed by atoms with Crippen LogP contribution in [0.1, 0.15) is 5.69 Å². The van der Waals surface area contributed by atoms with Gasteiger partial charge in [0.05, 0.1) is 5.69 Å². The fourth-order valence-corrected chi connectivity index (χ4v) is 2.40. The van der Waals surface area contributed by atoms with E-state index < -0.39 is 0 Å². The van der Waals surface area contributed by atoms with E-state index in [2.05, 4.69) is 26.0 Å². The molecule has 0 aliphatic rings. The van der Waals surface area contributed by atoms with Gasteiger partial charge in [0, 0.05) is 34.9 Å². The molecule has 2 heterocycles. The lowest BCUT2D eigenvalue weighted by atomic mass is 10.1. The van der Waals surface area contributed by atoms with Gasteiger partial charge < -0.3 is 10.5 Å². The third kappa shape index (κ3) is 2.22. The summed E-state index contributed by atoms with van der Waals surface area (Å²) in [6.07, 6.45) is 1.73. The minimum atomic E-state index is 0.657. The van der Waals surface area contributed by atoms with Crippen LogP contribution in [-0.4, -0.2) is 14.8 Å². The number of hydrogen-bond acceptors (Lipinski definition) is 4. The Balaban J connectivity index is 2.12. The molecule has 2 aromatic heterocycles. The molecule has 1 aromatic carbocycles. The van der Waals surface area contributed by atoms with Crippen molar-refractivity contribution >= 4 is 32.5 Å². The van der Waals surface area contributed by atoms with Crippen molar-refractivity contribution in [3.05, 3.63) is 40.6 Å². The maximum absolute atomic E-state index is 5.99. The average molecular weight is 333 g/mol. The number of pyridine rings is 1. The lowest BCUT2D eigenvalue weighted by Gasteiger charge is -2.09. The van der Waals surface area contributed by atoms with E-state index in [-0.39, 0.29) is 0 Å². The Bertz CT molecular complexity index is 797. The van der Waals surface area contributed by atoms with Gasteiger partial charge in [-0.3, -0.25) is 4.98 Å². The molecule has 3 aromatic rings. The molecular weight excluding hydrogens is 320 g/mol. The minimum Gasteiger partial charge on any atom is -0.437 e. The van der Waals surface area contributed by atoms with Crippen LogP contribution in [0.4, 0.5) is 5.69 Å². The number of halogens is 1. The van der Waals surface area contributed by atoms with Crippen molar-refractivity contribution in [3.63, 3.8) is 0 Å². The first kappa shape index (κ1) is 12.9. The normalized spacial score (nSPS) is 10.9. The molecule has 0 radical (unpaired) electrons. The number of rotatable bonds is 2. The van der Waals surface area contributed by atoms with E-state index in [1.165, 1.54) is 0 Å². The number of aryl methyl sites for hydroxylation is 2. The Morgan fingerprint density at radius 3 is 2.80 bits per heavy atom. The van der Waals surface area contributed by atoms with Crippen molar-refractivity contribution in [2.45, 2.75) is 6.92 Å². The highest BCUT2D eigenvalue weighted by Gasteiger charge is 2.11. The fraction of sp³-hybridized carbons (Fsp3) is 0.143. The Morgan fingerprint density at radius 2 is 2.10 bits per heavy atom. The van der Waals surface area contributed by atoms with Crippen molar-refractivity contribution in [3.8, 4) is 11.6 Å². The Morgan fingerprint density at radius 1 is 1.30 bits per heavy atom. The minimum absolute atomic E-state index is 0.657. The maximum atomic E-state index is 5.99. The van der Waals surface area contributed by atoms with Gasteiger partial charge in [0.25, 0.3) is 0 Å². The van der Waals surface area contributed by atoms with E-state index in [0.717, 1.165) is 21.1 Å². The second-order valence-corrected chi connectivity index (χ2v) is 5.47. The van der Waals surface area contributed by atoms with Crippen LogP contribution in [0.15, 0.2) is 34.9 Å². The van der Waals surface area contributed by atoms with Gasteiger partial charge in [-0.1, -0.05) is 0 Å². The predicted octanol–water partition coefficient (Wildman–Crippen LogP) is 3.41. The van der Waals surface area contributed by atoms with Gasteiger partial charge in [-0.25, -0.2) is 4.68 Å². The average Bonchev–Trinajstić information content (AvgIpc) is 2.71. The number of nitrogen functional groups attached to an aromatic ring is 1. The summed E-state index contributed by atoms with van der Waals surface area (Å²) in [6.45, 7) is 1.92. The first-order valence-electron chi connectivity index (χ1n) is 6.07. The third-order valence-corrected chi connectivity index (χ3v) is 3.42. The van der Waals surface area contributed by atoms with E-state index in [1.807, 2.05) is 38.2 Å². The van der Waals surface area contributed by atoms with Crippen molar-refractivity contribution in [2.24, 2.45) is 7.05 Å². The molecule has 0 atom stereocenters. The van der Waals surface area contributed by atoms with E-state index in [1.54, 1.807) is 10.9 Å². The number of benzene rings is 1. The van der Waals surface area contributed by atoms with Crippen molar-refractivity contribution < 1.29 is 4.74 Å². The molecule has 0 unspecified atom stereocenters. The molecule has 0 aliphatic carbocycles. The topological polar surface area (TPSA) is 66.0 Å². The quantitative estimate of drug-likeness (QED) is 0.730. The van der Waals surface area contributed by atoms with Crippen LogP contribution in [0.3, 0.4) is 0 Å². The zero-order valence-corrected chi connectivity index (χ0v) is 12.7. The molecule has 5 nitrogen and oxygen atoms in total. The second kappa shape index (κ2) is 4.79. The molecule has 0 bridgehead atoms. The highest BCUT2D eigenvalue weighted by atomic mass is 79.9. The summed E-state index contributed by atoms with van der Waals surface area (Å²) in [7, 11) is 1.84. The van der Waals surface area contributed by atoms with Gasteiger partial charge in [0.2, 0.25) is 5.88 Å². The van der Waals surface area contributed by atoms with Gasteiger partial charge in [0.15, 0.2) is 5.75 Å². The van der Waals surface area contributed by atoms with Crippen LogP contribution in [0.25, 0.3) is 10.9 Å². The van der Waals surface area contributed by atoms with Crippen LogP contribution in [0.5, 0.6) is 11.6 Å². The Labute approximate surface area is 124 Å². The molecule has 20 heavy (non-hydrogen) atoms. The van der Waals surface area contributed by atoms with Crippen LogP contribution in [0.2, 0.25) is 0 Å². The zero-order chi connectivity index (χ0) is 14.3. The van der Waals surface area contributed by atoms with E-state index >= 15 is 0 Å². The smallest absolute Gasteiger partial charge is 0.217 e. The summed E-state index contributed by atoms with van der Waals surface area (Å²) < 4.78 is 8.48. The molecule has 0 aliphatic heterocycles.